The fourth-order valence-electron chi connectivity index (χ4n) is 6.98. The van der Waals surface area contributed by atoms with Gasteiger partial charge in [0.2, 0.25) is 11.8 Å². The van der Waals surface area contributed by atoms with Crippen LogP contribution in [0.1, 0.15) is 73.0 Å². The largest absolute Gasteiger partial charge is 0.322 e. The first-order valence-corrected chi connectivity index (χ1v) is 15.7. The van der Waals surface area contributed by atoms with Crippen LogP contribution in [0, 0.1) is 5.41 Å². The molecule has 6 rings (SSSR count). The number of rotatable bonds is 7. The summed E-state index contributed by atoms with van der Waals surface area (Å²) in [5.74, 6) is -0.740. The summed E-state index contributed by atoms with van der Waals surface area (Å²) in [6.07, 6.45) is 5.10. The molecule has 3 amide bonds. The van der Waals surface area contributed by atoms with Gasteiger partial charge in [0.05, 0.1) is 0 Å². The first-order chi connectivity index (χ1) is 20.1. The van der Waals surface area contributed by atoms with Gasteiger partial charge in [0, 0.05) is 62.8 Å². The van der Waals surface area contributed by atoms with Gasteiger partial charge in [0.25, 0.3) is 5.91 Å². The van der Waals surface area contributed by atoms with E-state index in [1.807, 2.05) is 18.2 Å². The average Bonchev–Trinajstić information content (AvgIpc) is 3.29. The highest BCUT2D eigenvalue weighted by molar-refractivity contribution is 6.30. The molecular weight excluding hydrogens is 548 g/mol. The number of nitrogens with one attached hydrogen (secondary N) is 1. The number of nitrogens with zero attached hydrogens (tertiary/aromatic N) is 3. The molecule has 2 fully saturated rings. The Morgan fingerprint density at radius 3 is 2.43 bits per heavy atom. The lowest BCUT2D eigenvalue weighted by Crippen LogP contribution is -2.52. The molecule has 1 N–H and O–H groups in total. The highest BCUT2D eigenvalue weighted by Crippen LogP contribution is 2.43. The Morgan fingerprint density at radius 1 is 0.952 bits per heavy atom. The Hall–Kier alpha value is -3.00. The molecule has 7 nitrogen and oxygen atoms in total. The van der Waals surface area contributed by atoms with E-state index in [0.29, 0.717) is 23.9 Å². The monoisotopic (exact) mass is 588 g/mol. The van der Waals surface area contributed by atoms with Crippen LogP contribution in [0.25, 0.3) is 5.57 Å². The van der Waals surface area contributed by atoms with Crippen molar-refractivity contribution in [1.82, 2.24) is 20.0 Å². The molecule has 222 valence electrons. The van der Waals surface area contributed by atoms with Crippen LogP contribution in [0.3, 0.4) is 0 Å². The average molecular weight is 589 g/mol. The van der Waals surface area contributed by atoms with Crippen molar-refractivity contribution in [3.05, 3.63) is 75.3 Å². The maximum atomic E-state index is 13.0. The summed E-state index contributed by atoms with van der Waals surface area (Å²) < 4.78 is 0. The molecule has 0 bridgehead atoms. The second-order valence-corrected chi connectivity index (χ2v) is 13.6. The van der Waals surface area contributed by atoms with Crippen molar-refractivity contribution in [2.45, 2.75) is 65.0 Å². The minimum atomic E-state index is -0.569. The molecule has 2 aromatic rings. The normalized spacial score (nSPS) is 23.4. The summed E-state index contributed by atoms with van der Waals surface area (Å²) >= 11 is 6.18. The molecule has 4 aliphatic rings. The van der Waals surface area contributed by atoms with Gasteiger partial charge in [-0.15, -0.1) is 0 Å². The molecule has 0 saturated carbocycles. The first kappa shape index (κ1) is 29.1. The summed E-state index contributed by atoms with van der Waals surface area (Å²) in [5, 5.41) is 3.16. The number of benzene rings is 2. The molecule has 0 aromatic heterocycles. The number of carbonyl (C=O) groups excluding carboxylic acids is 3. The van der Waals surface area contributed by atoms with Gasteiger partial charge >= 0.3 is 0 Å². The van der Waals surface area contributed by atoms with Crippen molar-refractivity contribution in [2.24, 2.45) is 5.41 Å². The smallest absolute Gasteiger partial charge is 0.255 e. The molecular formula is C34H41ClN4O3. The number of piperazine rings is 1. The van der Waals surface area contributed by atoms with E-state index in [1.165, 1.54) is 23.1 Å². The third kappa shape index (κ3) is 6.34. The second kappa shape index (κ2) is 11.9. The highest BCUT2D eigenvalue weighted by Gasteiger charge is 2.39. The van der Waals surface area contributed by atoms with Gasteiger partial charge < -0.3 is 9.80 Å². The maximum Gasteiger partial charge on any atom is 0.255 e. The van der Waals surface area contributed by atoms with Crippen molar-refractivity contribution in [3.63, 3.8) is 0 Å². The van der Waals surface area contributed by atoms with E-state index in [9.17, 15) is 14.4 Å². The number of carbonyl (C=O) groups is 3. The topological polar surface area (TPSA) is 73.0 Å². The molecule has 1 atom stereocenters. The van der Waals surface area contributed by atoms with Crippen molar-refractivity contribution < 1.29 is 14.4 Å². The summed E-state index contributed by atoms with van der Waals surface area (Å²) in [7, 11) is 0. The third-order valence-corrected chi connectivity index (χ3v) is 9.81. The SMILES string of the molecule is CC1(C)CCC(CN2CCN(CCc3ccc4c(c3)CN(C3CCC(=O)NC3=O)C4=O)CC2)=C(c2ccc(Cl)cc2)C1. The molecule has 1 aliphatic carbocycles. The Bertz CT molecular complexity index is 1410. The number of hydrogen-bond acceptors (Lipinski definition) is 5. The maximum absolute atomic E-state index is 13.0. The van der Waals surface area contributed by atoms with Crippen molar-refractivity contribution in [2.75, 3.05) is 39.3 Å². The number of piperidine rings is 1. The summed E-state index contributed by atoms with van der Waals surface area (Å²) in [5.41, 5.74) is 7.61. The lowest BCUT2D eigenvalue weighted by molar-refractivity contribution is -0.136. The third-order valence-electron chi connectivity index (χ3n) is 9.56. The van der Waals surface area contributed by atoms with Crippen LogP contribution in [0.5, 0.6) is 0 Å². The van der Waals surface area contributed by atoms with E-state index >= 15 is 0 Å². The van der Waals surface area contributed by atoms with E-state index in [0.717, 1.165) is 69.1 Å². The molecule has 1 unspecified atom stereocenters. The fraction of sp³-hybridized carbons (Fsp3) is 0.500. The van der Waals surface area contributed by atoms with Gasteiger partial charge in [-0.1, -0.05) is 55.3 Å². The Labute approximate surface area is 253 Å². The van der Waals surface area contributed by atoms with Gasteiger partial charge in [-0.2, -0.15) is 0 Å². The lowest BCUT2D eigenvalue weighted by Gasteiger charge is -2.38. The van der Waals surface area contributed by atoms with Crippen LogP contribution in [-0.4, -0.2) is 77.7 Å². The zero-order valence-corrected chi connectivity index (χ0v) is 25.5. The molecule has 0 radical (unpaired) electrons. The van der Waals surface area contributed by atoms with Crippen molar-refractivity contribution in [1.29, 1.82) is 0 Å². The Kier molecular flexibility index (Phi) is 8.27. The summed E-state index contributed by atoms with van der Waals surface area (Å²) in [6, 6.07) is 13.9. The van der Waals surface area contributed by atoms with E-state index in [2.05, 4.69) is 53.2 Å². The van der Waals surface area contributed by atoms with E-state index in [4.69, 9.17) is 11.6 Å². The first-order valence-electron chi connectivity index (χ1n) is 15.3. The van der Waals surface area contributed by atoms with Gasteiger partial charge in [0.15, 0.2) is 0 Å². The standard InChI is InChI=1S/C34H41ClN4O3/c1-34(2)13-11-25(29(20-34)24-4-6-27(35)7-5-24)21-38-17-15-37(16-18-38)14-12-23-3-8-28-26(19-23)22-39(33(28)42)30-9-10-31(40)36-32(30)41/h3-8,19,30H,9-18,20-22H2,1-2H3,(H,36,40,41). The quantitative estimate of drug-likeness (QED) is 0.465. The van der Waals surface area contributed by atoms with Crippen LogP contribution in [-0.2, 0) is 22.6 Å². The minimum absolute atomic E-state index is 0.113. The predicted molar refractivity (Wildman–Crippen MR) is 165 cm³/mol. The van der Waals surface area contributed by atoms with Crippen LogP contribution in [0.2, 0.25) is 5.02 Å². The number of fused-ring (bicyclic) bond motifs is 1. The summed E-state index contributed by atoms with van der Waals surface area (Å²) in [6.45, 7) is 11.5. The molecule has 8 heteroatoms. The van der Waals surface area contributed by atoms with E-state index in [-0.39, 0.29) is 24.1 Å². The van der Waals surface area contributed by atoms with Crippen LogP contribution in [0.15, 0.2) is 48.0 Å². The fourth-order valence-corrected chi connectivity index (χ4v) is 7.10. The van der Waals surface area contributed by atoms with E-state index < -0.39 is 6.04 Å². The predicted octanol–water partition coefficient (Wildman–Crippen LogP) is 4.93. The number of imide groups is 1. The zero-order chi connectivity index (χ0) is 29.4. The van der Waals surface area contributed by atoms with Crippen LogP contribution in [0.4, 0.5) is 0 Å². The molecule has 3 heterocycles. The number of hydrogen-bond donors (Lipinski definition) is 1. The van der Waals surface area contributed by atoms with E-state index in [1.54, 1.807) is 10.5 Å². The molecule has 2 saturated heterocycles. The Morgan fingerprint density at radius 2 is 1.69 bits per heavy atom. The van der Waals surface area contributed by atoms with Crippen molar-refractivity contribution in [3.8, 4) is 0 Å². The molecule has 3 aliphatic heterocycles. The molecule has 2 aromatic carbocycles. The number of allylic oxidation sites excluding steroid dienone is 1. The van der Waals surface area contributed by atoms with Crippen LogP contribution >= 0.6 is 11.6 Å². The minimum Gasteiger partial charge on any atom is -0.322 e. The highest BCUT2D eigenvalue weighted by atomic mass is 35.5. The molecule has 42 heavy (non-hydrogen) atoms. The van der Waals surface area contributed by atoms with Gasteiger partial charge in [-0.05, 0) is 78.0 Å². The number of amides is 3. The number of halogens is 1. The van der Waals surface area contributed by atoms with Gasteiger partial charge in [0.1, 0.15) is 6.04 Å². The second-order valence-electron chi connectivity index (χ2n) is 13.2. The van der Waals surface area contributed by atoms with Crippen LogP contribution < -0.4 is 5.32 Å². The van der Waals surface area contributed by atoms with Gasteiger partial charge in [-0.25, -0.2) is 0 Å². The van der Waals surface area contributed by atoms with Crippen molar-refractivity contribution >= 4 is 34.9 Å². The summed E-state index contributed by atoms with van der Waals surface area (Å²) in [4.78, 5) is 43.7. The Balaban J connectivity index is 1.02. The molecule has 0 spiro atoms. The lowest BCUT2D eigenvalue weighted by atomic mass is 9.72. The zero-order valence-electron chi connectivity index (χ0n) is 24.8. The van der Waals surface area contributed by atoms with Gasteiger partial charge in [-0.3, -0.25) is 24.6 Å².